The van der Waals surface area contributed by atoms with Crippen molar-refractivity contribution in [2.45, 2.75) is 25.3 Å². The Morgan fingerprint density at radius 3 is 1.96 bits per heavy atom. The Hall–Kier alpha value is -3.13. The first-order valence-electron chi connectivity index (χ1n) is 8.43. The summed E-state index contributed by atoms with van der Waals surface area (Å²) in [7, 11) is 1.27. The van der Waals surface area contributed by atoms with Gasteiger partial charge in [-0.25, -0.2) is 4.79 Å². The van der Waals surface area contributed by atoms with Crippen molar-refractivity contribution >= 4 is 11.9 Å². The van der Waals surface area contributed by atoms with Crippen molar-refractivity contribution < 1.29 is 14.3 Å². The largest absolute Gasteiger partial charge is 0.467 e. The van der Waals surface area contributed by atoms with E-state index in [1.165, 1.54) is 7.11 Å². The van der Waals surface area contributed by atoms with E-state index >= 15 is 0 Å². The van der Waals surface area contributed by atoms with Crippen LogP contribution in [0.1, 0.15) is 30.4 Å². The highest BCUT2D eigenvalue weighted by Crippen LogP contribution is 2.25. The number of ether oxygens (including phenoxy) is 1. The van der Waals surface area contributed by atoms with Crippen LogP contribution in [0.25, 0.3) is 0 Å². The number of benzene rings is 2. The number of nitrogens with zero attached hydrogens (tertiary/aromatic N) is 1. The molecule has 0 aliphatic carbocycles. The van der Waals surface area contributed by atoms with Gasteiger partial charge in [0.05, 0.1) is 19.1 Å². The molecule has 0 spiro atoms. The molecular weight excluding hydrogens is 328 g/mol. The summed E-state index contributed by atoms with van der Waals surface area (Å²) in [5, 5.41) is 11.7. The number of carbonyl (C=O) groups is 2. The Morgan fingerprint density at radius 2 is 1.54 bits per heavy atom. The van der Waals surface area contributed by atoms with Gasteiger partial charge in [-0.15, -0.1) is 0 Å². The van der Waals surface area contributed by atoms with Crippen LogP contribution in [-0.4, -0.2) is 25.0 Å². The SMILES string of the molecule is COC(=O)[C@H](NC(=O)C(c1ccccc1)c1ccccc1)[C@H](C)CC#N. The van der Waals surface area contributed by atoms with Crippen LogP contribution in [0.2, 0.25) is 0 Å². The van der Waals surface area contributed by atoms with Gasteiger partial charge in [-0.2, -0.15) is 5.26 Å². The van der Waals surface area contributed by atoms with Gasteiger partial charge in [0.25, 0.3) is 0 Å². The van der Waals surface area contributed by atoms with Gasteiger partial charge in [-0.1, -0.05) is 67.6 Å². The Morgan fingerprint density at radius 1 is 1.04 bits per heavy atom. The summed E-state index contributed by atoms with van der Waals surface area (Å²) in [5.74, 6) is -1.77. The average Bonchev–Trinajstić information content (AvgIpc) is 2.67. The van der Waals surface area contributed by atoms with Crippen molar-refractivity contribution in [3.63, 3.8) is 0 Å². The zero-order chi connectivity index (χ0) is 18.9. The van der Waals surface area contributed by atoms with E-state index in [9.17, 15) is 9.59 Å². The molecule has 0 aliphatic rings. The molecule has 134 valence electrons. The number of amides is 1. The van der Waals surface area contributed by atoms with E-state index < -0.39 is 17.9 Å². The molecular formula is C21H22N2O3. The van der Waals surface area contributed by atoms with Gasteiger partial charge in [-0.3, -0.25) is 4.79 Å². The monoisotopic (exact) mass is 350 g/mol. The Kier molecular flexibility index (Phi) is 6.92. The fraction of sp³-hybridized carbons (Fsp3) is 0.286. The van der Waals surface area contributed by atoms with Crippen LogP contribution in [0.3, 0.4) is 0 Å². The third kappa shape index (κ3) is 4.70. The summed E-state index contributed by atoms with van der Waals surface area (Å²) in [6, 6.07) is 19.9. The lowest BCUT2D eigenvalue weighted by Gasteiger charge is -2.25. The molecule has 2 aromatic carbocycles. The van der Waals surface area contributed by atoms with Crippen LogP contribution in [-0.2, 0) is 14.3 Å². The number of nitriles is 1. The first-order valence-corrected chi connectivity index (χ1v) is 8.43. The summed E-state index contributed by atoms with van der Waals surface area (Å²) in [5.41, 5.74) is 1.65. The zero-order valence-electron chi connectivity index (χ0n) is 14.9. The summed E-state index contributed by atoms with van der Waals surface area (Å²) in [4.78, 5) is 25.2. The highest BCUT2D eigenvalue weighted by atomic mass is 16.5. The molecule has 26 heavy (non-hydrogen) atoms. The smallest absolute Gasteiger partial charge is 0.328 e. The molecule has 0 aromatic heterocycles. The molecule has 0 unspecified atom stereocenters. The zero-order valence-corrected chi connectivity index (χ0v) is 14.9. The van der Waals surface area contributed by atoms with Gasteiger partial charge in [-0.05, 0) is 11.1 Å². The Balaban J connectivity index is 2.34. The molecule has 0 bridgehead atoms. The molecule has 0 heterocycles. The van der Waals surface area contributed by atoms with E-state index in [0.717, 1.165) is 11.1 Å². The summed E-state index contributed by atoms with van der Waals surface area (Å²) in [6.45, 7) is 1.74. The standard InChI is InChI=1S/C21H22N2O3/c1-15(13-14-22)19(21(25)26-2)23-20(24)18(16-9-5-3-6-10-16)17-11-7-4-8-12-17/h3-12,15,18-19H,13H2,1-2H3,(H,23,24)/t15-,19-/m1/s1. The van der Waals surface area contributed by atoms with Crippen LogP contribution in [0.15, 0.2) is 60.7 Å². The first-order chi connectivity index (χ1) is 12.6. The normalized spacial score (nSPS) is 12.7. The number of carbonyl (C=O) groups excluding carboxylic acids is 2. The topological polar surface area (TPSA) is 79.2 Å². The predicted molar refractivity (Wildman–Crippen MR) is 98.1 cm³/mol. The molecule has 2 atom stereocenters. The van der Waals surface area contributed by atoms with Crippen LogP contribution >= 0.6 is 0 Å². The fourth-order valence-corrected chi connectivity index (χ4v) is 2.85. The van der Waals surface area contributed by atoms with E-state index in [4.69, 9.17) is 10.00 Å². The van der Waals surface area contributed by atoms with E-state index in [2.05, 4.69) is 5.32 Å². The van der Waals surface area contributed by atoms with Crippen molar-refractivity contribution in [1.29, 1.82) is 5.26 Å². The van der Waals surface area contributed by atoms with E-state index in [1.54, 1.807) is 6.92 Å². The number of methoxy groups -OCH3 is 1. The van der Waals surface area contributed by atoms with Crippen LogP contribution in [0, 0.1) is 17.2 Å². The van der Waals surface area contributed by atoms with Gasteiger partial charge < -0.3 is 10.1 Å². The van der Waals surface area contributed by atoms with E-state index in [-0.39, 0.29) is 18.2 Å². The maximum atomic E-state index is 13.1. The molecule has 0 aliphatic heterocycles. The highest BCUT2D eigenvalue weighted by Gasteiger charge is 2.31. The van der Waals surface area contributed by atoms with Crippen molar-refractivity contribution in [2.75, 3.05) is 7.11 Å². The number of nitrogens with one attached hydrogen (secondary N) is 1. The summed E-state index contributed by atoms with van der Waals surface area (Å²) in [6.07, 6.45) is 0.140. The minimum absolute atomic E-state index is 0.140. The highest BCUT2D eigenvalue weighted by molar-refractivity contribution is 5.91. The van der Waals surface area contributed by atoms with Crippen molar-refractivity contribution in [3.05, 3.63) is 71.8 Å². The fourth-order valence-electron chi connectivity index (χ4n) is 2.85. The lowest BCUT2D eigenvalue weighted by atomic mass is 9.89. The van der Waals surface area contributed by atoms with Crippen LogP contribution in [0.4, 0.5) is 0 Å². The van der Waals surface area contributed by atoms with Crippen molar-refractivity contribution in [2.24, 2.45) is 5.92 Å². The maximum Gasteiger partial charge on any atom is 0.328 e. The second-order valence-corrected chi connectivity index (χ2v) is 6.10. The minimum atomic E-state index is -0.873. The second-order valence-electron chi connectivity index (χ2n) is 6.10. The van der Waals surface area contributed by atoms with Gasteiger partial charge in [0, 0.05) is 12.3 Å². The number of rotatable bonds is 7. The third-order valence-corrected chi connectivity index (χ3v) is 4.26. The van der Waals surface area contributed by atoms with Crippen LogP contribution in [0.5, 0.6) is 0 Å². The summed E-state index contributed by atoms with van der Waals surface area (Å²) < 4.78 is 4.81. The third-order valence-electron chi connectivity index (χ3n) is 4.26. The molecule has 0 saturated heterocycles. The molecule has 2 aromatic rings. The molecule has 5 heteroatoms. The Labute approximate surface area is 153 Å². The lowest BCUT2D eigenvalue weighted by Crippen LogP contribution is -2.47. The predicted octanol–water partition coefficient (Wildman–Crippen LogP) is 3.03. The molecule has 1 amide bonds. The van der Waals surface area contributed by atoms with Crippen LogP contribution < -0.4 is 5.32 Å². The van der Waals surface area contributed by atoms with Crippen molar-refractivity contribution in [3.8, 4) is 6.07 Å². The number of hydrogen-bond donors (Lipinski definition) is 1. The molecule has 0 saturated carbocycles. The van der Waals surface area contributed by atoms with Crippen molar-refractivity contribution in [1.82, 2.24) is 5.32 Å². The lowest BCUT2D eigenvalue weighted by molar-refractivity contribution is -0.146. The Bertz CT molecular complexity index is 729. The minimum Gasteiger partial charge on any atom is -0.467 e. The molecule has 5 nitrogen and oxygen atoms in total. The number of hydrogen-bond acceptors (Lipinski definition) is 4. The first kappa shape index (κ1) is 19.2. The van der Waals surface area contributed by atoms with Gasteiger partial charge in [0.2, 0.25) is 5.91 Å². The quantitative estimate of drug-likeness (QED) is 0.779. The van der Waals surface area contributed by atoms with Gasteiger partial charge in [0.15, 0.2) is 0 Å². The van der Waals surface area contributed by atoms with Gasteiger partial charge >= 0.3 is 5.97 Å². The molecule has 0 fully saturated rings. The molecule has 1 N–H and O–H groups in total. The van der Waals surface area contributed by atoms with E-state index in [0.29, 0.717) is 0 Å². The van der Waals surface area contributed by atoms with Gasteiger partial charge in [0.1, 0.15) is 6.04 Å². The molecule has 0 radical (unpaired) electrons. The average molecular weight is 350 g/mol. The maximum absolute atomic E-state index is 13.1. The number of esters is 1. The van der Waals surface area contributed by atoms with E-state index in [1.807, 2.05) is 66.7 Å². The molecule has 2 rings (SSSR count). The second kappa shape index (κ2) is 9.38. The summed E-state index contributed by atoms with van der Waals surface area (Å²) >= 11 is 0.